The van der Waals surface area contributed by atoms with Crippen LogP contribution in [0.5, 0.6) is 5.75 Å². The monoisotopic (exact) mass is 271 g/mol. The highest BCUT2D eigenvalue weighted by atomic mass is 16.5. The molecule has 0 amide bonds. The highest BCUT2D eigenvalue weighted by Gasteiger charge is 2.11. The molecule has 0 aliphatic carbocycles. The largest absolute Gasteiger partial charge is 0.491 e. The number of ether oxygens (including phenoxy) is 1. The minimum absolute atomic E-state index is 0.0319. The zero-order valence-corrected chi connectivity index (χ0v) is 11.2. The van der Waals surface area contributed by atoms with Gasteiger partial charge in [-0.3, -0.25) is 0 Å². The van der Waals surface area contributed by atoms with Gasteiger partial charge < -0.3 is 9.84 Å². The SMILES string of the molecule is O=C(O)c1ncccc1OCCCCc1ccccc1. The molecule has 0 radical (unpaired) electrons. The van der Waals surface area contributed by atoms with Crippen LogP contribution in [0.25, 0.3) is 0 Å². The smallest absolute Gasteiger partial charge is 0.358 e. The lowest BCUT2D eigenvalue weighted by atomic mass is 10.1. The molecule has 2 aromatic rings. The predicted octanol–water partition coefficient (Wildman–Crippen LogP) is 3.18. The Morgan fingerprint density at radius 1 is 1.10 bits per heavy atom. The molecule has 20 heavy (non-hydrogen) atoms. The van der Waals surface area contributed by atoms with Crippen molar-refractivity contribution in [1.29, 1.82) is 0 Å². The molecule has 1 N–H and O–H groups in total. The van der Waals surface area contributed by atoms with Gasteiger partial charge in [-0.1, -0.05) is 30.3 Å². The Morgan fingerprint density at radius 2 is 1.90 bits per heavy atom. The van der Waals surface area contributed by atoms with Crippen molar-refractivity contribution in [3.05, 3.63) is 59.9 Å². The number of hydrogen-bond acceptors (Lipinski definition) is 3. The number of benzene rings is 1. The van der Waals surface area contributed by atoms with Gasteiger partial charge in [0.25, 0.3) is 0 Å². The lowest BCUT2D eigenvalue weighted by Gasteiger charge is -2.08. The summed E-state index contributed by atoms with van der Waals surface area (Å²) in [5.41, 5.74) is 1.27. The summed E-state index contributed by atoms with van der Waals surface area (Å²) in [6, 6.07) is 13.6. The van der Waals surface area contributed by atoms with E-state index in [0.717, 1.165) is 19.3 Å². The summed E-state index contributed by atoms with van der Waals surface area (Å²) >= 11 is 0. The van der Waals surface area contributed by atoms with E-state index in [2.05, 4.69) is 17.1 Å². The average Bonchev–Trinajstić information content (AvgIpc) is 2.48. The molecule has 0 unspecified atom stereocenters. The second-order valence-electron chi connectivity index (χ2n) is 4.45. The van der Waals surface area contributed by atoms with Gasteiger partial charge in [0, 0.05) is 6.20 Å². The number of pyridine rings is 1. The number of carbonyl (C=O) groups is 1. The predicted molar refractivity (Wildman–Crippen MR) is 76.1 cm³/mol. The number of carboxylic acids is 1. The Balaban J connectivity index is 1.75. The zero-order valence-electron chi connectivity index (χ0n) is 11.2. The summed E-state index contributed by atoms with van der Waals surface area (Å²) in [5.74, 6) is -0.732. The fourth-order valence-electron chi connectivity index (χ4n) is 1.93. The van der Waals surface area contributed by atoms with Gasteiger partial charge in [-0.05, 0) is 37.0 Å². The highest BCUT2D eigenvalue weighted by molar-refractivity contribution is 5.88. The van der Waals surface area contributed by atoms with Gasteiger partial charge in [-0.2, -0.15) is 0 Å². The number of unbranched alkanes of at least 4 members (excludes halogenated alkanes) is 1. The van der Waals surface area contributed by atoms with Gasteiger partial charge in [0.1, 0.15) is 0 Å². The molecule has 104 valence electrons. The van der Waals surface area contributed by atoms with E-state index >= 15 is 0 Å². The first-order chi connectivity index (χ1) is 9.77. The Kier molecular flexibility index (Phi) is 5.12. The van der Waals surface area contributed by atoms with Crippen LogP contribution >= 0.6 is 0 Å². The van der Waals surface area contributed by atoms with Crippen LogP contribution in [-0.4, -0.2) is 22.7 Å². The number of rotatable bonds is 7. The van der Waals surface area contributed by atoms with E-state index in [1.54, 1.807) is 12.1 Å². The van der Waals surface area contributed by atoms with Crippen LogP contribution in [0.2, 0.25) is 0 Å². The summed E-state index contributed by atoms with van der Waals surface area (Å²) in [6.45, 7) is 0.499. The van der Waals surface area contributed by atoms with Gasteiger partial charge in [-0.25, -0.2) is 9.78 Å². The quantitative estimate of drug-likeness (QED) is 0.786. The Bertz CT molecular complexity index is 555. The van der Waals surface area contributed by atoms with Crippen LogP contribution in [0.3, 0.4) is 0 Å². The van der Waals surface area contributed by atoms with Crippen molar-refractivity contribution in [2.45, 2.75) is 19.3 Å². The molecule has 0 fully saturated rings. The third-order valence-corrected chi connectivity index (χ3v) is 2.93. The highest BCUT2D eigenvalue weighted by Crippen LogP contribution is 2.15. The molecule has 0 aliphatic heterocycles. The van der Waals surface area contributed by atoms with Gasteiger partial charge >= 0.3 is 5.97 Å². The summed E-state index contributed by atoms with van der Waals surface area (Å²) < 4.78 is 5.49. The van der Waals surface area contributed by atoms with Gasteiger partial charge in [-0.15, -0.1) is 0 Å². The van der Waals surface area contributed by atoms with Crippen LogP contribution in [0, 0.1) is 0 Å². The van der Waals surface area contributed by atoms with E-state index < -0.39 is 5.97 Å². The van der Waals surface area contributed by atoms with Crippen LogP contribution in [0.1, 0.15) is 28.9 Å². The van der Waals surface area contributed by atoms with Crippen molar-refractivity contribution in [3.8, 4) is 5.75 Å². The molecule has 0 saturated heterocycles. The second-order valence-corrected chi connectivity index (χ2v) is 4.45. The van der Waals surface area contributed by atoms with Crippen molar-refractivity contribution in [3.63, 3.8) is 0 Å². The number of carboxylic acid groups (broad SMARTS) is 1. The minimum Gasteiger partial charge on any atom is -0.491 e. The molecule has 2 rings (SSSR count). The summed E-state index contributed by atoms with van der Waals surface area (Å²) in [5, 5.41) is 8.97. The van der Waals surface area contributed by atoms with E-state index in [-0.39, 0.29) is 5.69 Å². The summed E-state index contributed by atoms with van der Waals surface area (Å²) in [4.78, 5) is 14.8. The molecule has 0 spiro atoms. The lowest BCUT2D eigenvalue weighted by Crippen LogP contribution is -2.06. The van der Waals surface area contributed by atoms with E-state index in [1.165, 1.54) is 11.8 Å². The van der Waals surface area contributed by atoms with Crippen molar-refractivity contribution in [2.24, 2.45) is 0 Å². The molecule has 0 atom stereocenters. The molecule has 4 nitrogen and oxygen atoms in total. The molecule has 1 heterocycles. The van der Waals surface area contributed by atoms with E-state index in [0.29, 0.717) is 12.4 Å². The molecule has 0 bridgehead atoms. The van der Waals surface area contributed by atoms with Crippen LogP contribution in [0.4, 0.5) is 0 Å². The Hall–Kier alpha value is -2.36. The molecular weight excluding hydrogens is 254 g/mol. The summed E-state index contributed by atoms with van der Waals surface area (Å²) in [6.07, 6.45) is 4.34. The molecule has 0 saturated carbocycles. The van der Waals surface area contributed by atoms with Crippen molar-refractivity contribution in [2.75, 3.05) is 6.61 Å². The molecular formula is C16H17NO3. The van der Waals surface area contributed by atoms with Gasteiger partial charge in [0.15, 0.2) is 11.4 Å². The van der Waals surface area contributed by atoms with E-state index in [4.69, 9.17) is 9.84 Å². The first-order valence-electron chi connectivity index (χ1n) is 6.62. The summed E-state index contributed by atoms with van der Waals surface area (Å²) in [7, 11) is 0. The molecule has 4 heteroatoms. The number of nitrogens with zero attached hydrogens (tertiary/aromatic N) is 1. The molecule has 0 aliphatic rings. The maximum Gasteiger partial charge on any atom is 0.358 e. The normalized spacial score (nSPS) is 10.2. The number of aromatic carboxylic acids is 1. The minimum atomic E-state index is -1.06. The number of aromatic nitrogens is 1. The van der Waals surface area contributed by atoms with E-state index in [9.17, 15) is 4.79 Å². The van der Waals surface area contributed by atoms with Gasteiger partial charge in [0.05, 0.1) is 6.61 Å². The van der Waals surface area contributed by atoms with Crippen molar-refractivity contribution < 1.29 is 14.6 Å². The van der Waals surface area contributed by atoms with Crippen LogP contribution in [0.15, 0.2) is 48.7 Å². The first-order valence-corrected chi connectivity index (χ1v) is 6.62. The van der Waals surface area contributed by atoms with Crippen molar-refractivity contribution >= 4 is 5.97 Å². The third-order valence-electron chi connectivity index (χ3n) is 2.93. The Labute approximate surface area is 118 Å². The number of aryl methyl sites for hydroxylation is 1. The van der Waals surface area contributed by atoms with Crippen molar-refractivity contribution in [1.82, 2.24) is 4.98 Å². The van der Waals surface area contributed by atoms with Crippen LogP contribution in [-0.2, 0) is 6.42 Å². The zero-order chi connectivity index (χ0) is 14.2. The molecule has 1 aromatic carbocycles. The average molecular weight is 271 g/mol. The fraction of sp³-hybridized carbons (Fsp3) is 0.250. The standard InChI is InChI=1S/C16H17NO3/c18-16(19)15-14(10-6-11-17-15)20-12-5-4-9-13-7-2-1-3-8-13/h1-3,6-8,10-11H,4-5,9,12H2,(H,18,19). The Morgan fingerprint density at radius 3 is 2.65 bits per heavy atom. The van der Waals surface area contributed by atoms with Gasteiger partial charge in [0.2, 0.25) is 0 Å². The number of hydrogen-bond donors (Lipinski definition) is 1. The maximum absolute atomic E-state index is 11.0. The second kappa shape index (κ2) is 7.28. The van der Waals surface area contributed by atoms with Crippen LogP contribution < -0.4 is 4.74 Å². The van der Waals surface area contributed by atoms with E-state index in [1.807, 2.05) is 18.2 Å². The molecule has 1 aromatic heterocycles. The fourth-order valence-corrected chi connectivity index (χ4v) is 1.93. The maximum atomic E-state index is 11.0. The third kappa shape index (κ3) is 4.09. The topological polar surface area (TPSA) is 59.4 Å². The lowest BCUT2D eigenvalue weighted by molar-refractivity contribution is 0.0685. The first kappa shape index (κ1) is 14.1.